The molecule has 0 aliphatic heterocycles. The van der Waals surface area contributed by atoms with Crippen molar-refractivity contribution in [3.05, 3.63) is 58.1 Å². The van der Waals surface area contributed by atoms with Crippen LogP contribution in [0.2, 0.25) is 0 Å². The Kier molecular flexibility index (Phi) is 4.30. The smallest absolute Gasteiger partial charge is 0.232 e. The fourth-order valence-corrected chi connectivity index (χ4v) is 2.77. The van der Waals surface area contributed by atoms with E-state index in [0.29, 0.717) is 12.4 Å². The molecule has 7 heteroatoms. The van der Waals surface area contributed by atoms with E-state index in [1.807, 2.05) is 17.8 Å². The lowest BCUT2D eigenvalue weighted by atomic mass is 10.1. The number of rotatable bonds is 4. The first-order valence-electron chi connectivity index (χ1n) is 7.33. The minimum absolute atomic E-state index is 0.215. The van der Waals surface area contributed by atoms with Crippen LogP contribution in [0.4, 0.5) is 4.39 Å². The number of benzene rings is 1. The first-order chi connectivity index (χ1) is 11.0. The Morgan fingerprint density at radius 3 is 2.70 bits per heavy atom. The Morgan fingerprint density at radius 2 is 2.09 bits per heavy atom. The van der Waals surface area contributed by atoms with Gasteiger partial charge in [0, 0.05) is 36.3 Å². The monoisotopic (exact) mass is 377 g/mol. The molecule has 2 aromatic heterocycles. The molecular weight excluding hydrogens is 361 g/mol. The SMILES string of the molecule is CC(C)c1nc(Cc2ccc(F)cc2Br)n(-c2nccn2C)n1. The Bertz CT molecular complexity index is 837. The van der Waals surface area contributed by atoms with Crippen molar-refractivity contribution in [3.63, 3.8) is 0 Å². The topological polar surface area (TPSA) is 48.5 Å². The molecule has 0 radical (unpaired) electrons. The third-order valence-electron chi connectivity index (χ3n) is 3.56. The van der Waals surface area contributed by atoms with E-state index < -0.39 is 0 Å². The predicted molar refractivity (Wildman–Crippen MR) is 89.1 cm³/mol. The molecule has 0 saturated carbocycles. The second kappa shape index (κ2) is 6.23. The van der Waals surface area contributed by atoms with Crippen LogP contribution in [0.1, 0.15) is 37.0 Å². The van der Waals surface area contributed by atoms with E-state index in [1.165, 1.54) is 12.1 Å². The van der Waals surface area contributed by atoms with Crippen LogP contribution >= 0.6 is 15.9 Å². The van der Waals surface area contributed by atoms with Gasteiger partial charge in [0.25, 0.3) is 0 Å². The Hall–Kier alpha value is -2.02. The highest BCUT2D eigenvalue weighted by Gasteiger charge is 2.17. The quantitative estimate of drug-likeness (QED) is 0.697. The van der Waals surface area contributed by atoms with E-state index in [1.54, 1.807) is 16.9 Å². The average Bonchev–Trinajstić information content (AvgIpc) is 3.08. The van der Waals surface area contributed by atoms with Gasteiger partial charge in [0.15, 0.2) is 5.82 Å². The van der Waals surface area contributed by atoms with Crippen LogP contribution in [0.25, 0.3) is 5.95 Å². The van der Waals surface area contributed by atoms with Crippen LogP contribution < -0.4 is 0 Å². The molecular formula is C16H17BrFN5. The summed E-state index contributed by atoms with van der Waals surface area (Å²) in [5.74, 6) is 2.19. The van der Waals surface area contributed by atoms with E-state index in [-0.39, 0.29) is 11.7 Å². The van der Waals surface area contributed by atoms with Gasteiger partial charge in [0.1, 0.15) is 11.6 Å². The number of hydrogen-bond donors (Lipinski definition) is 0. The molecule has 0 saturated heterocycles. The third-order valence-corrected chi connectivity index (χ3v) is 4.29. The van der Waals surface area contributed by atoms with Gasteiger partial charge in [0.2, 0.25) is 5.95 Å². The second-order valence-electron chi connectivity index (χ2n) is 5.70. The van der Waals surface area contributed by atoms with E-state index in [0.717, 1.165) is 21.7 Å². The largest absolute Gasteiger partial charge is 0.319 e. The van der Waals surface area contributed by atoms with Crippen molar-refractivity contribution in [3.8, 4) is 5.95 Å². The van der Waals surface area contributed by atoms with Crippen LogP contribution in [-0.4, -0.2) is 24.3 Å². The maximum Gasteiger partial charge on any atom is 0.232 e. The first kappa shape index (κ1) is 15.9. The van der Waals surface area contributed by atoms with Crippen molar-refractivity contribution in [2.45, 2.75) is 26.2 Å². The van der Waals surface area contributed by atoms with Crippen molar-refractivity contribution >= 4 is 15.9 Å². The summed E-state index contributed by atoms with van der Waals surface area (Å²) in [6.45, 7) is 4.10. The van der Waals surface area contributed by atoms with Gasteiger partial charge in [-0.15, -0.1) is 5.10 Å². The molecule has 0 aliphatic rings. The first-order valence-corrected chi connectivity index (χ1v) is 8.12. The highest BCUT2D eigenvalue weighted by atomic mass is 79.9. The lowest BCUT2D eigenvalue weighted by Crippen LogP contribution is -2.09. The third kappa shape index (κ3) is 3.19. The van der Waals surface area contributed by atoms with Crippen LogP contribution in [0.5, 0.6) is 0 Å². The molecule has 0 spiro atoms. The molecule has 0 fully saturated rings. The van der Waals surface area contributed by atoms with E-state index in [2.05, 4.69) is 44.8 Å². The van der Waals surface area contributed by atoms with Crippen LogP contribution in [0.15, 0.2) is 35.1 Å². The molecule has 3 rings (SSSR count). The predicted octanol–water partition coefficient (Wildman–Crippen LogP) is 3.62. The molecule has 120 valence electrons. The van der Waals surface area contributed by atoms with Gasteiger partial charge < -0.3 is 4.57 Å². The number of aryl methyl sites for hydroxylation is 1. The molecule has 0 unspecified atom stereocenters. The molecule has 0 atom stereocenters. The van der Waals surface area contributed by atoms with E-state index >= 15 is 0 Å². The summed E-state index contributed by atoms with van der Waals surface area (Å²) in [5, 5.41) is 4.59. The molecule has 0 bridgehead atoms. The zero-order valence-corrected chi connectivity index (χ0v) is 14.7. The van der Waals surface area contributed by atoms with Crippen LogP contribution in [0.3, 0.4) is 0 Å². The van der Waals surface area contributed by atoms with E-state index in [4.69, 9.17) is 0 Å². The number of halogens is 2. The molecule has 3 aromatic rings. The maximum atomic E-state index is 13.3. The number of aromatic nitrogens is 5. The van der Waals surface area contributed by atoms with Gasteiger partial charge in [-0.05, 0) is 17.7 Å². The maximum absolute atomic E-state index is 13.3. The van der Waals surface area contributed by atoms with E-state index in [9.17, 15) is 4.39 Å². The van der Waals surface area contributed by atoms with Crippen molar-refractivity contribution in [2.75, 3.05) is 0 Å². The standard InChI is InChI=1S/C16H17BrFN5/c1-10(2)15-20-14(8-11-4-5-12(18)9-13(11)17)23(21-15)16-19-6-7-22(16)3/h4-7,9-10H,8H2,1-3H3. The lowest BCUT2D eigenvalue weighted by molar-refractivity contribution is 0.626. The van der Waals surface area contributed by atoms with Crippen LogP contribution in [-0.2, 0) is 13.5 Å². The fraction of sp³-hybridized carbons (Fsp3) is 0.312. The minimum atomic E-state index is -0.269. The highest BCUT2D eigenvalue weighted by Crippen LogP contribution is 2.22. The fourth-order valence-electron chi connectivity index (χ4n) is 2.28. The van der Waals surface area contributed by atoms with Crippen molar-refractivity contribution in [1.29, 1.82) is 0 Å². The summed E-state index contributed by atoms with van der Waals surface area (Å²) in [6.07, 6.45) is 4.13. The summed E-state index contributed by atoms with van der Waals surface area (Å²) in [5.41, 5.74) is 0.949. The molecule has 5 nitrogen and oxygen atoms in total. The summed E-state index contributed by atoms with van der Waals surface area (Å²) in [6, 6.07) is 4.66. The van der Waals surface area contributed by atoms with Crippen molar-refractivity contribution < 1.29 is 4.39 Å². The summed E-state index contributed by atoms with van der Waals surface area (Å²) < 4.78 is 17.6. The molecule has 0 amide bonds. The minimum Gasteiger partial charge on any atom is -0.319 e. The summed E-state index contributed by atoms with van der Waals surface area (Å²) in [4.78, 5) is 9.00. The van der Waals surface area contributed by atoms with Gasteiger partial charge in [-0.1, -0.05) is 35.8 Å². The van der Waals surface area contributed by atoms with Gasteiger partial charge in [0.05, 0.1) is 0 Å². The molecule has 23 heavy (non-hydrogen) atoms. The zero-order valence-electron chi connectivity index (χ0n) is 13.2. The second-order valence-corrected chi connectivity index (χ2v) is 6.56. The van der Waals surface area contributed by atoms with Gasteiger partial charge in [-0.2, -0.15) is 4.68 Å². The number of imidazole rings is 1. The van der Waals surface area contributed by atoms with Gasteiger partial charge in [-0.3, -0.25) is 0 Å². The summed E-state index contributed by atoms with van der Waals surface area (Å²) in [7, 11) is 1.91. The average molecular weight is 378 g/mol. The lowest BCUT2D eigenvalue weighted by Gasteiger charge is -2.07. The molecule has 0 aliphatic carbocycles. The Balaban J connectivity index is 2.05. The normalized spacial score (nSPS) is 11.4. The number of hydrogen-bond acceptors (Lipinski definition) is 3. The van der Waals surface area contributed by atoms with Gasteiger partial charge in [-0.25, -0.2) is 14.4 Å². The van der Waals surface area contributed by atoms with Gasteiger partial charge >= 0.3 is 0 Å². The van der Waals surface area contributed by atoms with Crippen molar-refractivity contribution in [1.82, 2.24) is 24.3 Å². The van der Waals surface area contributed by atoms with Crippen LogP contribution in [0, 0.1) is 5.82 Å². The molecule has 0 N–H and O–H groups in total. The Morgan fingerprint density at radius 1 is 1.30 bits per heavy atom. The molecule has 1 aromatic carbocycles. The highest BCUT2D eigenvalue weighted by molar-refractivity contribution is 9.10. The zero-order chi connectivity index (χ0) is 16.6. The van der Waals surface area contributed by atoms with Crippen molar-refractivity contribution in [2.24, 2.45) is 7.05 Å². The molecule has 2 heterocycles. The summed E-state index contributed by atoms with van der Waals surface area (Å²) >= 11 is 3.41. The number of nitrogens with zero attached hydrogens (tertiary/aromatic N) is 5. The Labute approximate surface area is 142 Å².